The fraction of sp³-hybridized carbons (Fsp3) is 0. The topological polar surface area (TPSA) is 3.24 Å². The molecule has 0 radical (unpaired) electrons. The van der Waals surface area contributed by atoms with Crippen molar-refractivity contribution < 1.29 is 0 Å². The van der Waals surface area contributed by atoms with Crippen LogP contribution in [0.4, 0.5) is 17.1 Å². The van der Waals surface area contributed by atoms with Crippen LogP contribution in [-0.4, -0.2) is 0 Å². The summed E-state index contributed by atoms with van der Waals surface area (Å²) < 4.78 is 0. The van der Waals surface area contributed by atoms with Gasteiger partial charge in [-0.2, -0.15) is 0 Å². The molecule has 0 aromatic heterocycles. The maximum Gasteiger partial charge on any atom is 0.0540 e. The highest BCUT2D eigenvalue weighted by Gasteiger charge is 2.23. The van der Waals surface area contributed by atoms with E-state index in [1.807, 2.05) is 0 Å². The second-order valence-corrected chi connectivity index (χ2v) is 19.2. The van der Waals surface area contributed by atoms with Gasteiger partial charge in [-0.1, -0.05) is 261 Å². The SMILES string of the molecule is c1ccc(-c2cc(-c3ccccc3)cc(N(c3ccc(-c4ccc(-c5ccccc5)cc4-c4ccccc4)cc3)c3ccccc3-c3ccc4c(c3)c(-c3ccccc3)c(-c3ccccc3)c3ccccc34)c2)cc1. The largest absolute Gasteiger partial charge is 0.310 e. The normalized spacial score (nSPS) is 11.2. The Morgan fingerprint density at radius 2 is 0.587 bits per heavy atom. The lowest BCUT2D eigenvalue weighted by Gasteiger charge is -2.29. The molecule has 0 saturated carbocycles. The lowest BCUT2D eigenvalue weighted by atomic mass is 9.84. The van der Waals surface area contributed by atoms with Crippen molar-refractivity contribution in [3.63, 3.8) is 0 Å². The molecular formula is C74H51N. The van der Waals surface area contributed by atoms with Crippen LogP contribution in [-0.2, 0) is 0 Å². The molecule has 352 valence electrons. The van der Waals surface area contributed by atoms with E-state index < -0.39 is 0 Å². The highest BCUT2D eigenvalue weighted by Crippen LogP contribution is 2.49. The summed E-state index contributed by atoms with van der Waals surface area (Å²) in [5.41, 5.74) is 22.1. The average molecular weight is 954 g/mol. The molecule has 0 amide bonds. The smallest absolute Gasteiger partial charge is 0.0540 e. The first-order chi connectivity index (χ1) is 37.2. The van der Waals surface area contributed by atoms with Crippen LogP contribution in [0.15, 0.2) is 309 Å². The molecule has 1 nitrogen and oxygen atoms in total. The van der Waals surface area contributed by atoms with E-state index in [4.69, 9.17) is 0 Å². The van der Waals surface area contributed by atoms with Gasteiger partial charge in [0, 0.05) is 16.9 Å². The first kappa shape index (κ1) is 45.1. The molecule has 1 heteroatoms. The van der Waals surface area contributed by atoms with E-state index in [0.29, 0.717) is 0 Å². The van der Waals surface area contributed by atoms with Crippen LogP contribution in [0.3, 0.4) is 0 Å². The van der Waals surface area contributed by atoms with E-state index in [-0.39, 0.29) is 0 Å². The van der Waals surface area contributed by atoms with Crippen molar-refractivity contribution in [2.45, 2.75) is 0 Å². The van der Waals surface area contributed by atoms with Crippen LogP contribution in [0, 0.1) is 0 Å². The Morgan fingerprint density at radius 3 is 1.16 bits per heavy atom. The standard InChI is InChI=1S/C74H51N/c1-7-23-52(24-8-1)59-41-45-65(70(50-59)55-29-13-4-14-30-55)56-39-43-63(44-40-56)75(64-48-61(53-25-9-2-10-26-53)47-62(49-64)54-27-11-3-12-28-54)72-38-22-21-35-66(72)60-42-46-68-67-36-19-20-37-69(67)73(57-31-15-5-16-32-57)74(71(68)51-60)58-33-17-6-18-34-58/h1-51H. The molecule has 0 spiro atoms. The van der Waals surface area contributed by atoms with Gasteiger partial charge in [-0.25, -0.2) is 0 Å². The van der Waals surface area contributed by atoms with E-state index in [0.717, 1.165) is 56.0 Å². The maximum atomic E-state index is 2.46. The fourth-order valence-corrected chi connectivity index (χ4v) is 11.1. The zero-order chi connectivity index (χ0) is 49.9. The minimum atomic E-state index is 1.06. The Balaban J connectivity index is 1.03. The number of hydrogen-bond acceptors (Lipinski definition) is 1. The van der Waals surface area contributed by atoms with Gasteiger partial charge in [-0.3, -0.25) is 0 Å². The molecule has 13 rings (SSSR count). The molecule has 0 aliphatic carbocycles. The number of para-hydroxylation sites is 1. The van der Waals surface area contributed by atoms with Crippen LogP contribution in [0.5, 0.6) is 0 Å². The molecule has 0 unspecified atom stereocenters. The quantitative estimate of drug-likeness (QED) is 0.117. The van der Waals surface area contributed by atoms with E-state index in [9.17, 15) is 0 Å². The highest BCUT2D eigenvalue weighted by molar-refractivity contribution is 6.22. The lowest BCUT2D eigenvalue weighted by molar-refractivity contribution is 1.28. The Labute approximate surface area is 439 Å². The van der Waals surface area contributed by atoms with Crippen LogP contribution in [0.1, 0.15) is 0 Å². The van der Waals surface area contributed by atoms with Crippen molar-refractivity contribution in [1.82, 2.24) is 0 Å². The van der Waals surface area contributed by atoms with E-state index >= 15 is 0 Å². The van der Waals surface area contributed by atoms with Crippen molar-refractivity contribution in [3.05, 3.63) is 309 Å². The minimum absolute atomic E-state index is 1.06. The first-order valence-corrected chi connectivity index (χ1v) is 25.8. The van der Waals surface area contributed by atoms with Gasteiger partial charge in [0.05, 0.1) is 5.69 Å². The molecule has 13 aromatic carbocycles. The number of fused-ring (bicyclic) bond motifs is 3. The second-order valence-electron chi connectivity index (χ2n) is 19.2. The summed E-state index contributed by atoms with van der Waals surface area (Å²) in [7, 11) is 0. The molecule has 0 saturated heterocycles. The number of anilines is 3. The van der Waals surface area contributed by atoms with Crippen molar-refractivity contribution in [2.75, 3.05) is 4.90 Å². The molecule has 13 aromatic rings. The second kappa shape index (κ2) is 20.0. The third kappa shape index (κ3) is 8.77. The number of rotatable bonds is 11. The van der Waals surface area contributed by atoms with Gasteiger partial charge in [-0.15, -0.1) is 0 Å². The summed E-state index contributed by atoms with van der Waals surface area (Å²) in [6, 6.07) is 113. The van der Waals surface area contributed by atoms with Gasteiger partial charge in [0.15, 0.2) is 0 Å². The maximum absolute atomic E-state index is 2.46. The zero-order valence-electron chi connectivity index (χ0n) is 41.4. The Kier molecular flexibility index (Phi) is 12.0. The van der Waals surface area contributed by atoms with Gasteiger partial charge in [0.1, 0.15) is 0 Å². The van der Waals surface area contributed by atoms with Crippen molar-refractivity contribution in [2.24, 2.45) is 0 Å². The fourth-order valence-electron chi connectivity index (χ4n) is 11.1. The molecule has 75 heavy (non-hydrogen) atoms. The van der Waals surface area contributed by atoms with Gasteiger partial charge < -0.3 is 4.90 Å². The summed E-state index contributed by atoms with van der Waals surface area (Å²) in [6.45, 7) is 0. The monoisotopic (exact) mass is 953 g/mol. The van der Waals surface area contributed by atoms with Crippen LogP contribution >= 0.6 is 0 Å². The lowest BCUT2D eigenvalue weighted by Crippen LogP contribution is -2.11. The van der Waals surface area contributed by atoms with Crippen molar-refractivity contribution in [1.29, 1.82) is 0 Å². The van der Waals surface area contributed by atoms with E-state index in [2.05, 4.69) is 314 Å². The van der Waals surface area contributed by atoms with Gasteiger partial charge in [-0.05, 0) is 154 Å². The predicted octanol–water partition coefficient (Wildman–Crippen LogP) is 20.8. The molecule has 0 bridgehead atoms. The highest BCUT2D eigenvalue weighted by atomic mass is 15.1. The summed E-state index contributed by atoms with van der Waals surface area (Å²) in [5.74, 6) is 0. The van der Waals surface area contributed by atoms with Crippen LogP contribution in [0.2, 0.25) is 0 Å². The Bertz CT molecular complexity index is 4060. The van der Waals surface area contributed by atoms with Gasteiger partial charge in [0.2, 0.25) is 0 Å². The van der Waals surface area contributed by atoms with Crippen molar-refractivity contribution in [3.8, 4) is 89.0 Å². The third-order valence-electron chi connectivity index (χ3n) is 14.6. The summed E-state index contributed by atoms with van der Waals surface area (Å²) in [5, 5.41) is 4.93. The number of hydrogen-bond donors (Lipinski definition) is 0. The average Bonchev–Trinajstić information content (AvgIpc) is 3.50. The molecule has 0 atom stereocenters. The Morgan fingerprint density at radius 1 is 0.173 bits per heavy atom. The van der Waals surface area contributed by atoms with Gasteiger partial charge in [0.25, 0.3) is 0 Å². The molecule has 0 aliphatic rings. The zero-order valence-corrected chi connectivity index (χ0v) is 41.4. The molecule has 0 aliphatic heterocycles. The number of nitrogens with zero attached hydrogens (tertiary/aromatic N) is 1. The van der Waals surface area contributed by atoms with E-state index in [1.165, 1.54) is 71.6 Å². The summed E-state index contributed by atoms with van der Waals surface area (Å²) >= 11 is 0. The number of benzene rings is 13. The molecular weight excluding hydrogens is 903 g/mol. The van der Waals surface area contributed by atoms with Crippen LogP contribution < -0.4 is 4.90 Å². The van der Waals surface area contributed by atoms with Crippen molar-refractivity contribution >= 4 is 38.6 Å². The first-order valence-electron chi connectivity index (χ1n) is 25.8. The minimum Gasteiger partial charge on any atom is -0.310 e. The molecule has 0 N–H and O–H groups in total. The molecule has 0 fully saturated rings. The Hall–Kier alpha value is -9.82. The molecule has 0 heterocycles. The predicted molar refractivity (Wildman–Crippen MR) is 320 cm³/mol. The van der Waals surface area contributed by atoms with Crippen LogP contribution in [0.25, 0.3) is 111 Å². The summed E-state index contributed by atoms with van der Waals surface area (Å²) in [4.78, 5) is 2.46. The summed E-state index contributed by atoms with van der Waals surface area (Å²) in [6.07, 6.45) is 0. The van der Waals surface area contributed by atoms with E-state index in [1.54, 1.807) is 0 Å². The van der Waals surface area contributed by atoms with Gasteiger partial charge >= 0.3 is 0 Å². The third-order valence-corrected chi connectivity index (χ3v) is 14.6.